The molecular weight excluding hydrogens is 414 g/mol. The number of rotatable bonds is 5. The number of hydrogen-bond donors (Lipinski definition) is 2. The summed E-state index contributed by atoms with van der Waals surface area (Å²) in [5.74, 6) is -0.807. The average Bonchev–Trinajstić information content (AvgIpc) is 2.82. The summed E-state index contributed by atoms with van der Waals surface area (Å²) in [4.78, 5) is 35.5. The largest absolute Gasteiger partial charge is 0.493 e. The van der Waals surface area contributed by atoms with E-state index in [9.17, 15) is 14.9 Å². The summed E-state index contributed by atoms with van der Waals surface area (Å²) in [7, 11) is 4.44. The zero-order valence-corrected chi connectivity index (χ0v) is 18.2. The molecule has 3 heterocycles. The number of fused-ring (bicyclic) bond motifs is 1. The Hall–Kier alpha value is -3.74. The standard InChI is InChI=1S/C22H25N5O5/c1-30-14-9-12(10-15(31-2)18(14)32-3)16-13(11-23)20(28)24-19-17(16)21(29)26-22(25-19)27-7-5-4-6-8-27/h9-10,13,16H,4-8H2,1-3H3,(H2,24,25,26,28,29)/t13-,16+/m1/s1. The fourth-order valence-corrected chi connectivity index (χ4v) is 4.40. The van der Waals surface area contributed by atoms with Crippen LogP contribution in [0.15, 0.2) is 16.9 Å². The van der Waals surface area contributed by atoms with Crippen molar-refractivity contribution >= 4 is 17.7 Å². The Labute approximate surface area is 185 Å². The van der Waals surface area contributed by atoms with Crippen molar-refractivity contribution in [2.24, 2.45) is 5.92 Å². The molecule has 2 N–H and O–H groups in total. The van der Waals surface area contributed by atoms with Crippen molar-refractivity contribution in [1.82, 2.24) is 9.97 Å². The topological polar surface area (TPSA) is 130 Å². The smallest absolute Gasteiger partial charge is 0.258 e. The van der Waals surface area contributed by atoms with Gasteiger partial charge in [-0.05, 0) is 37.0 Å². The van der Waals surface area contributed by atoms with Crippen LogP contribution in [-0.4, -0.2) is 50.3 Å². The number of anilines is 2. The van der Waals surface area contributed by atoms with E-state index < -0.39 is 23.3 Å². The van der Waals surface area contributed by atoms with Gasteiger partial charge in [0.05, 0.1) is 33.0 Å². The molecule has 2 aromatic rings. The molecule has 2 aliphatic rings. The molecule has 10 nitrogen and oxygen atoms in total. The van der Waals surface area contributed by atoms with Gasteiger partial charge < -0.3 is 24.4 Å². The Balaban J connectivity index is 1.89. The summed E-state index contributed by atoms with van der Waals surface area (Å²) in [5.41, 5.74) is 0.348. The number of ether oxygens (including phenoxy) is 3. The van der Waals surface area contributed by atoms with Crippen LogP contribution in [0, 0.1) is 17.2 Å². The molecule has 1 saturated heterocycles. The van der Waals surface area contributed by atoms with Gasteiger partial charge in [-0.15, -0.1) is 0 Å². The Bertz CT molecular complexity index is 1110. The minimum atomic E-state index is -1.13. The number of carbonyl (C=O) groups excluding carboxylic acids is 1. The van der Waals surface area contributed by atoms with Crippen LogP contribution in [0.1, 0.15) is 36.3 Å². The lowest BCUT2D eigenvalue weighted by Gasteiger charge is -2.31. The second-order valence-corrected chi connectivity index (χ2v) is 7.73. The molecule has 2 atom stereocenters. The van der Waals surface area contributed by atoms with Crippen LogP contribution in [0.4, 0.5) is 11.8 Å². The van der Waals surface area contributed by atoms with Crippen LogP contribution >= 0.6 is 0 Å². The third kappa shape index (κ3) is 3.60. The van der Waals surface area contributed by atoms with Crippen LogP contribution in [0.2, 0.25) is 0 Å². The van der Waals surface area contributed by atoms with Crippen molar-refractivity contribution in [1.29, 1.82) is 5.26 Å². The van der Waals surface area contributed by atoms with Crippen LogP contribution in [0.25, 0.3) is 0 Å². The first kappa shape index (κ1) is 21.5. The van der Waals surface area contributed by atoms with Gasteiger partial charge in [0.15, 0.2) is 11.5 Å². The number of methoxy groups -OCH3 is 3. The number of benzene rings is 1. The Morgan fingerprint density at radius 3 is 2.28 bits per heavy atom. The van der Waals surface area contributed by atoms with Gasteiger partial charge in [0.2, 0.25) is 17.6 Å². The molecule has 0 saturated carbocycles. The highest BCUT2D eigenvalue weighted by Gasteiger charge is 2.41. The van der Waals surface area contributed by atoms with E-state index in [0.29, 0.717) is 28.8 Å². The fourth-order valence-electron chi connectivity index (χ4n) is 4.40. The number of nitrogens with one attached hydrogen (secondary N) is 2. The Kier molecular flexibility index (Phi) is 5.90. The molecule has 0 aliphatic carbocycles. The Morgan fingerprint density at radius 2 is 1.72 bits per heavy atom. The molecule has 0 bridgehead atoms. The first-order valence-electron chi connectivity index (χ1n) is 10.4. The van der Waals surface area contributed by atoms with Gasteiger partial charge in [0, 0.05) is 19.0 Å². The van der Waals surface area contributed by atoms with E-state index in [-0.39, 0.29) is 11.4 Å². The van der Waals surface area contributed by atoms with Crippen molar-refractivity contribution in [2.75, 3.05) is 44.6 Å². The zero-order valence-electron chi connectivity index (χ0n) is 18.2. The number of nitrogens with zero attached hydrogens (tertiary/aromatic N) is 3. The summed E-state index contributed by atoms with van der Waals surface area (Å²) in [6, 6.07) is 5.34. The van der Waals surface area contributed by atoms with Crippen molar-refractivity contribution in [3.63, 3.8) is 0 Å². The van der Waals surface area contributed by atoms with Crippen LogP contribution in [0.3, 0.4) is 0 Å². The SMILES string of the molecule is COc1cc([C@@H]2c3c(nc(N4CCCCC4)[nH]c3=O)NC(=O)[C@@H]2C#N)cc(OC)c1OC. The zero-order chi connectivity index (χ0) is 22.8. The maximum absolute atomic E-state index is 13.2. The molecule has 1 fully saturated rings. The normalized spacial score (nSPS) is 20.1. The number of hydrogen-bond acceptors (Lipinski definition) is 8. The van der Waals surface area contributed by atoms with Crippen molar-refractivity contribution in [2.45, 2.75) is 25.2 Å². The lowest BCUT2D eigenvalue weighted by atomic mass is 9.79. The van der Waals surface area contributed by atoms with Gasteiger partial charge >= 0.3 is 0 Å². The summed E-state index contributed by atoms with van der Waals surface area (Å²) in [5, 5.41) is 12.4. The molecule has 4 rings (SSSR count). The summed E-state index contributed by atoms with van der Waals surface area (Å²) < 4.78 is 16.2. The van der Waals surface area contributed by atoms with Gasteiger partial charge in [-0.2, -0.15) is 10.2 Å². The van der Waals surface area contributed by atoms with Crippen LogP contribution in [0.5, 0.6) is 17.2 Å². The van der Waals surface area contributed by atoms with E-state index in [1.807, 2.05) is 11.0 Å². The fraction of sp³-hybridized carbons (Fsp3) is 0.455. The van der Waals surface area contributed by atoms with Gasteiger partial charge in [0.25, 0.3) is 5.56 Å². The molecule has 2 aliphatic heterocycles. The minimum Gasteiger partial charge on any atom is -0.493 e. The maximum atomic E-state index is 13.2. The number of nitriles is 1. The van der Waals surface area contributed by atoms with Gasteiger partial charge in [-0.3, -0.25) is 14.6 Å². The van der Waals surface area contributed by atoms with Crippen LogP contribution < -0.4 is 30.0 Å². The number of aromatic nitrogens is 2. The average molecular weight is 439 g/mol. The number of aromatic amines is 1. The van der Waals surface area contributed by atoms with E-state index in [2.05, 4.69) is 15.3 Å². The number of carbonyl (C=O) groups is 1. The minimum absolute atomic E-state index is 0.171. The first-order valence-corrected chi connectivity index (χ1v) is 10.4. The molecule has 1 aromatic heterocycles. The number of H-pyrrole nitrogens is 1. The predicted octanol–water partition coefficient (Wildman–Crippen LogP) is 2.01. The van der Waals surface area contributed by atoms with E-state index in [1.165, 1.54) is 21.3 Å². The molecule has 168 valence electrons. The van der Waals surface area contributed by atoms with Crippen molar-refractivity contribution in [3.05, 3.63) is 33.6 Å². The molecule has 0 spiro atoms. The third-order valence-corrected chi connectivity index (χ3v) is 5.95. The highest BCUT2D eigenvalue weighted by Crippen LogP contribution is 2.45. The van der Waals surface area contributed by atoms with E-state index in [4.69, 9.17) is 14.2 Å². The van der Waals surface area contributed by atoms with Crippen LogP contribution in [-0.2, 0) is 4.79 Å². The molecule has 1 aromatic carbocycles. The lowest BCUT2D eigenvalue weighted by molar-refractivity contribution is -0.119. The monoisotopic (exact) mass is 439 g/mol. The summed E-state index contributed by atoms with van der Waals surface area (Å²) in [6.07, 6.45) is 3.16. The highest BCUT2D eigenvalue weighted by molar-refractivity contribution is 5.98. The second kappa shape index (κ2) is 8.78. The second-order valence-electron chi connectivity index (χ2n) is 7.73. The maximum Gasteiger partial charge on any atom is 0.258 e. The number of piperidine rings is 1. The van der Waals surface area contributed by atoms with Gasteiger partial charge in [-0.25, -0.2) is 0 Å². The molecule has 0 unspecified atom stereocenters. The molecule has 0 radical (unpaired) electrons. The lowest BCUT2D eigenvalue weighted by Crippen LogP contribution is -2.40. The molecule has 32 heavy (non-hydrogen) atoms. The summed E-state index contributed by atoms with van der Waals surface area (Å²) >= 11 is 0. The number of amides is 1. The molecular formula is C22H25N5O5. The predicted molar refractivity (Wildman–Crippen MR) is 117 cm³/mol. The van der Waals surface area contributed by atoms with Crippen molar-refractivity contribution < 1.29 is 19.0 Å². The van der Waals surface area contributed by atoms with Gasteiger partial charge in [0.1, 0.15) is 11.7 Å². The van der Waals surface area contributed by atoms with E-state index in [1.54, 1.807) is 12.1 Å². The van der Waals surface area contributed by atoms with Gasteiger partial charge in [-0.1, -0.05) is 0 Å². The quantitative estimate of drug-likeness (QED) is 0.724. The highest BCUT2D eigenvalue weighted by atomic mass is 16.5. The van der Waals surface area contributed by atoms with E-state index in [0.717, 1.165) is 32.4 Å². The molecule has 10 heteroatoms. The first-order chi connectivity index (χ1) is 15.5. The molecule has 1 amide bonds. The van der Waals surface area contributed by atoms with Crippen molar-refractivity contribution in [3.8, 4) is 23.3 Å². The van der Waals surface area contributed by atoms with E-state index >= 15 is 0 Å². The third-order valence-electron chi connectivity index (χ3n) is 5.95. The Morgan fingerprint density at radius 1 is 1.06 bits per heavy atom. The summed E-state index contributed by atoms with van der Waals surface area (Å²) in [6.45, 7) is 1.57.